The van der Waals surface area contributed by atoms with Crippen LogP contribution in [-0.4, -0.2) is 82.2 Å². The van der Waals surface area contributed by atoms with Crippen LogP contribution in [-0.2, 0) is 4.74 Å². The van der Waals surface area contributed by atoms with Crippen molar-refractivity contribution >= 4 is 11.0 Å². The van der Waals surface area contributed by atoms with E-state index in [9.17, 15) is 35.4 Å². The molecule has 1 saturated heterocycles. The molecule has 35 heavy (non-hydrogen) atoms. The molecule has 1 aromatic heterocycles. The summed E-state index contributed by atoms with van der Waals surface area (Å²) in [6, 6.07) is 6.77. The van der Waals surface area contributed by atoms with Gasteiger partial charge in [-0.1, -0.05) is 0 Å². The van der Waals surface area contributed by atoms with Crippen molar-refractivity contribution in [2.75, 3.05) is 20.8 Å². The normalized spacial score (nSPS) is 24.3. The summed E-state index contributed by atoms with van der Waals surface area (Å²) in [6.07, 6.45) is -7.43. The van der Waals surface area contributed by atoms with Gasteiger partial charge in [-0.05, 0) is 18.2 Å². The van der Waals surface area contributed by atoms with Gasteiger partial charge in [0.1, 0.15) is 46.9 Å². The van der Waals surface area contributed by atoms with Crippen LogP contribution >= 0.6 is 0 Å². The number of benzene rings is 2. The predicted molar refractivity (Wildman–Crippen MR) is 119 cm³/mol. The van der Waals surface area contributed by atoms with Gasteiger partial charge in [-0.3, -0.25) is 4.79 Å². The van der Waals surface area contributed by atoms with Crippen LogP contribution in [0.2, 0.25) is 0 Å². The molecule has 0 spiro atoms. The van der Waals surface area contributed by atoms with Gasteiger partial charge in [-0.15, -0.1) is 0 Å². The highest BCUT2D eigenvalue weighted by atomic mass is 16.7. The van der Waals surface area contributed by atoms with E-state index in [0.717, 1.165) is 0 Å². The van der Waals surface area contributed by atoms with E-state index in [1.807, 2.05) is 0 Å². The van der Waals surface area contributed by atoms with E-state index in [-0.39, 0.29) is 39.5 Å². The average Bonchev–Trinajstić information content (AvgIpc) is 2.86. The van der Waals surface area contributed by atoms with Gasteiger partial charge < -0.3 is 54.0 Å². The molecule has 188 valence electrons. The summed E-state index contributed by atoms with van der Waals surface area (Å²) in [5.41, 5.74) is -0.677. The van der Waals surface area contributed by atoms with Crippen LogP contribution in [0.25, 0.3) is 22.3 Å². The fraction of sp³-hybridized carbons (Fsp3) is 0.348. The van der Waals surface area contributed by atoms with Crippen LogP contribution in [0.15, 0.2) is 39.5 Å². The molecule has 4 rings (SSSR count). The van der Waals surface area contributed by atoms with Crippen LogP contribution < -0.4 is 19.6 Å². The Bertz CT molecular complexity index is 1280. The molecule has 2 heterocycles. The first-order valence-electron chi connectivity index (χ1n) is 10.4. The van der Waals surface area contributed by atoms with Crippen molar-refractivity contribution in [3.63, 3.8) is 0 Å². The number of ether oxygens (including phenoxy) is 4. The number of phenols is 1. The fourth-order valence-electron chi connectivity index (χ4n) is 3.77. The number of aliphatic hydroxyl groups is 4. The van der Waals surface area contributed by atoms with Crippen molar-refractivity contribution in [3.05, 3.63) is 40.6 Å². The van der Waals surface area contributed by atoms with Gasteiger partial charge in [0.25, 0.3) is 0 Å². The Kier molecular flexibility index (Phi) is 6.74. The molecular formula is C23H24O12. The average molecular weight is 492 g/mol. The lowest BCUT2D eigenvalue weighted by Gasteiger charge is -2.39. The van der Waals surface area contributed by atoms with E-state index in [0.29, 0.717) is 0 Å². The highest BCUT2D eigenvalue weighted by Gasteiger charge is 2.45. The number of fused-ring (bicyclic) bond motifs is 1. The molecule has 0 saturated carbocycles. The zero-order valence-corrected chi connectivity index (χ0v) is 18.6. The second-order valence-electron chi connectivity index (χ2n) is 7.81. The standard InChI is InChI=1S/C23H24O12/c1-31-10-6-11(25)16-14(7-10)33-22(20(29)18(16)27)9-3-4-12(13(5-9)32-2)34-23-21(30)19(28)17(26)15(8-24)35-23/h3-7,15,17,19,21,23-26,28-30H,8H2,1-2H3/t15-,17+,19-,21-,23+/m0/s1. The van der Waals surface area contributed by atoms with Crippen LogP contribution in [0, 0.1) is 0 Å². The summed E-state index contributed by atoms with van der Waals surface area (Å²) in [6.45, 7) is -0.624. The maximum Gasteiger partial charge on any atom is 0.238 e. The molecule has 3 aromatic rings. The van der Waals surface area contributed by atoms with Gasteiger partial charge in [0.2, 0.25) is 17.5 Å². The Labute approximate surface area is 197 Å². The first-order chi connectivity index (χ1) is 16.7. The smallest absolute Gasteiger partial charge is 0.238 e. The first kappa shape index (κ1) is 24.6. The Morgan fingerprint density at radius 2 is 1.69 bits per heavy atom. The van der Waals surface area contributed by atoms with Crippen molar-refractivity contribution in [3.8, 4) is 40.1 Å². The molecule has 0 radical (unpaired) electrons. The molecular weight excluding hydrogens is 468 g/mol. The van der Waals surface area contributed by atoms with E-state index in [2.05, 4.69) is 0 Å². The molecule has 12 nitrogen and oxygen atoms in total. The van der Waals surface area contributed by atoms with Crippen LogP contribution in [0.5, 0.6) is 28.7 Å². The summed E-state index contributed by atoms with van der Waals surface area (Å²) in [4.78, 5) is 12.7. The van der Waals surface area contributed by atoms with E-state index in [1.165, 1.54) is 44.6 Å². The number of aliphatic hydroxyl groups excluding tert-OH is 4. The van der Waals surface area contributed by atoms with Gasteiger partial charge in [0.15, 0.2) is 17.3 Å². The number of hydrogen-bond donors (Lipinski definition) is 6. The van der Waals surface area contributed by atoms with E-state index < -0.39 is 54.2 Å². The van der Waals surface area contributed by atoms with Crippen molar-refractivity contribution < 1.29 is 54.0 Å². The molecule has 1 fully saturated rings. The first-order valence-corrected chi connectivity index (χ1v) is 10.4. The molecule has 6 N–H and O–H groups in total. The molecule has 0 amide bonds. The van der Waals surface area contributed by atoms with Gasteiger partial charge in [-0.2, -0.15) is 0 Å². The second-order valence-corrected chi connectivity index (χ2v) is 7.81. The number of hydrogen-bond acceptors (Lipinski definition) is 12. The second kappa shape index (κ2) is 9.60. The summed E-state index contributed by atoms with van der Waals surface area (Å²) in [5.74, 6) is -1.03. The van der Waals surface area contributed by atoms with Crippen LogP contribution in [0.4, 0.5) is 0 Å². The maximum absolute atomic E-state index is 12.7. The minimum absolute atomic E-state index is 0.0275. The molecule has 12 heteroatoms. The molecule has 1 aliphatic heterocycles. The van der Waals surface area contributed by atoms with Crippen molar-refractivity contribution in [2.45, 2.75) is 30.7 Å². The number of phenolic OH excluding ortho intramolecular Hbond substituents is 1. The molecule has 2 aromatic carbocycles. The number of methoxy groups -OCH3 is 2. The largest absolute Gasteiger partial charge is 0.507 e. The molecule has 0 bridgehead atoms. The summed E-state index contributed by atoms with van der Waals surface area (Å²) < 4.78 is 27.1. The third kappa shape index (κ3) is 4.33. The SMILES string of the molecule is COc1cc(O)c2c(=O)c(O)c(-c3ccc(O[C@@H]4O[C@@H](CO)[C@@H](O)[C@H](O)[C@@H]4O)c(OC)c3)oc2c1. The zero-order chi connectivity index (χ0) is 25.4. The highest BCUT2D eigenvalue weighted by molar-refractivity contribution is 5.88. The lowest BCUT2D eigenvalue weighted by atomic mass is 9.99. The third-order valence-electron chi connectivity index (χ3n) is 5.68. The maximum atomic E-state index is 12.7. The molecule has 5 atom stereocenters. The molecule has 0 unspecified atom stereocenters. The monoisotopic (exact) mass is 492 g/mol. The van der Waals surface area contributed by atoms with Crippen molar-refractivity contribution in [2.24, 2.45) is 0 Å². The lowest BCUT2D eigenvalue weighted by Crippen LogP contribution is -2.60. The summed E-state index contributed by atoms with van der Waals surface area (Å²) in [7, 11) is 2.69. The molecule has 0 aliphatic carbocycles. The van der Waals surface area contributed by atoms with Gasteiger partial charge >= 0.3 is 0 Å². The number of rotatable bonds is 6. The molecule has 1 aliphatic rings. The van der Waals surface area contributed by atoms with Crippen molar-refractivity contribution in [1.29, 1.82) is 0 Å². The minimum Gasteiger partial charge on any atom is -0.507 e. The van der Waals surface area contributed by atoms with Gasteiger partial charge in [0, 0.05) is 17.7 Å². The predicted octanol–water partition coefficient (Wildman–Crippen LogP) is 0.0671. The Morgan fingerprint density at radius 1 is 0.943 bits per heavy atom. The topological polar surface area (TPSA) is 189 Å². The Hall–Kier alpha value is -3.55. The fourth-order valence-corrected chi connectivity index (χ4v) is 3.77. The zero-order valence-electron chi connectivity index (χ0n) is 18.6. The summed E-state index contributed by atoms with van der Waals surface area (Å²) in [5, 5.41) is 59.9. The quantitative estimate of drug-likeness (QED) is 0.272. The Morgan fingerprint density at radius 3 is 2.34 bits per heavy atom. The van der Waals surface area contributed by atoms with E-state index in [1.54, 1.807) is 0 Å². The number of aromatic hydroxyl groups is 2. The van der Waals surface area contributed by atoms with Crippen LogP contribution in [0.3, 0.4) is 0 Å². The highest BCUT2D eigenvalue weighted by Crippen LogP contribution is 2.39. The van der Waals surface area contributed by atoms with E-state index in [4.69, 9.17) is 23.4 Å². The third-order valence-corrected chi connectivity index (χ3v) is 5.68. The van der Waals surface area contributed by atoms with Gasteiger partial charge in [-0.25, -0.2) is 0 Å². The minimum atomic E-state index is -1.64. The van der Waals surface area contributed by atoms with Crippen LogP contribution in [0.1, 0.15) is 0 Å². The van der Waals surface area contributed by atoms with Crippen molar-refractivity contribution in [1.82, 2.24) is 0 Å². The van der Waals surface area contributed by atoms with E-state index >= 15 is 0 Å². The Balaban J connectivity index is 1.72. The van der Waals surface area contributed by atoms with Gasteiger partial charge in [0.05, 0.1) is 20.8 Å². The lowest BCUT2D eigenvalue weighted by molar-refractivity contribution is -0.277. The summed E-state index contributed by atoms with van der Waals surface area (Å²) >= 11 is 0.